The molecule has 0 saturated heterocycles. The van der Waals surface area contributed by atoms with Gasteiger partial charge in [0.25, 0.3) is 0 Å². The van der Waals surface area contributed by atoms with E-state index in [1.165, 1.54) is 11.3 Å². The molecule has 1 aromatic rings. The number of esters is 1. The van der Waals surface area contributed by atoms with Crippen molar-refractivity contribution in [2.24, 2.45) is 0 Å². The van der Waals surface area contributed by atoms with Gasteiger partial charge in [-0.3, -0.25) is 4.79 Å². The van der Waals surface area contributed by atoms with Crippen LogP contribution >= 0.6 is 38.9 Å². The first-order chi connectivity index (χ1) is 5.59. The average Bonchev–Trinajstić information content (AvgIpc) is 2.35. The third-order valence-corrected chi connectivity index (χ3v) is 2.56. The van der Waals surface area contributed by atoms with Gasteiger partial charge in [-0.15, -0.1) is 0 Å². The average molecular weight is 270 g/mol. The number of alkyl halides is 1. The molecule has 1 unspecified atom stereocenters. The Hall–Kier alpha value is -0.0600. The van der Waals surface area contributed by atoms with E-state index in [-0.39, 0.29) is 10.8 Å². The summed E-state index contributed by atoms with van der Waals surface area (Å²) in [4.78, 5) is 10.7. The van der Waals surface area contributed by atoms with Crippen molar-refractivity contribution in [2.45, 2.75) is 11.8 Å². The van der Waals surface area contributed by atoms with Gasteiger partial charge in [0, 0.05) is 0 Å². The highest BCUT2D eigenvalue weighted by atomic mass is 79.9. The number of hydrogen-bond donors (Lipinski definition) is 0. The second-order valence-corrected chi connectivity index (χ2v) is 5.15. The molecule has 0 amide bonds. The van der Waals surface area contributed by atoms with Crippen LogP contribution in [0.2, 0.25) is 4.34 Å². The third kappa shape index (κ3) is 2.77. The molecule has 66 valence electrons. The van der Waals surface area contributed by atoms with Crippen molar-refractivity contribution in [1.82, 2.24) is 0 Å². The van der Waals surface area contributed by atoms with Gasteiger partial charge in [0.1, 0.15) is 4.83 Å². The lowest BCUT2D eigenvalue weighted by Gasteiger charge is -2.01. The van der Waals surface area contributed by atoms with Gasteiger partial charge >= 0.3 is 5.97 Å². The molecule has 0 aliphatic heterocycles. The number of thiophene rings is 1. The van der Waals surface area contributed by atoms with E-state index in [2.05, 4.69) is 15.9 Å². The molecule has 0 fully saturated rings. The first-order valence-electron chi connectivity index (χ1n) is 3.20. The number of halogens is 2. The van der Waals surface area contributed by atoms with E-state index in [1.54, 1.807) is 19.1 Å². The Morgan fingerprint density at radius 3 is 2.83 bits per heavy atom. The number of carbonyl (C=O) groups excluding carboxylic acids is 1. The lowest BCUT2D eigenvalue weighted by molar-refractivity contribution is -0.133. The number of carbonyl (C=O) groups is 1. The van der Waals surface area contributed by atoms with Crippen LogP contribution in [0.3, 0.4) is 0 Å². The second kappa shape index (κ2) is 4.25. The molecule has 0 aliphatic carbocycles. The third-order valence-electron chi connectivity index (χ3n) is 1.07. The minimum absolute atomic E-state index is 0.293. The summed E-state index contributed by atoms with van der Waals surface area (Å²) in [5.74, 6) is -0.312. The van der Waals surface area contributed by atoms with E-state index in [1.807, 2.05) is 0 Å². The van der Waals surface area contributed by atoms with E-state index in [0.717, 1.165) is 0 Å². The molecule has 0 aromatic carbocycles. The second-order valence-electron chi connectivity index (χ2n) is 2.10. The van der Waals surface area contributed by atoms with Gasteiger partial charge in [-0.2, -0.15) is 0 Å². The van der Waals surface area contributed by atoms with E-state index in [9.17, 15) is 4.79 Å². The molecule has 0 spiro atoms. The predicted octanol–water partition coefficient (Wildman–Crippen LogP) is 3.09. The zero-order valence-corrected chi connectivity index (χ0v) is 9.37. The molecule has 0 bridgehead atoms. The molecular weight excluding hydrogens is 263 g/mol. The van der Waals surface area contributed by atoms with Gasteiger partial charge in [-0.1, -0.05) is 38.9 Å². The minimum Gasteiger partial charge on any atom is -0.415 e. The van der Waals surface area contributed by atoms with Gasteiger partial charge in [0.05, 0.1) is 4.34 Å². The summed E-state index contributed by atoms with van der Waals surface area (Å²) < 4.78 is 5.56. The molecule has 1 heterocycles. The Morgan fingerprint density at radius 1 is 1.75 bits per heavy atom. The normalized spacial score (nSPS) is 12.6. The van der Waals surface area contributed by atoms with Crippen molar-refractivity contribution in [3.05, 3.63) is 16.5 Å². The van der Waals surface area contributed by atoms with E-state index < -0.39 is 0 Å². The molecule has 1 atom stereocenters. The highest BCUT2D eigenvalue weighted by Gasteiger charge is 2.12. The standard InChI is InChI=1S/C7H6BrClO2S/c1-4(8)7(10)11-6-3-2-5(9)12-6/h2-4H,1H3. The molecule has 0 aliphatic rings. The van der Waals surface area contributed by atoms with Crippen molar-refractivity contribution >= 4 is 44.8 Å². The first-order valence-corrected chi connectivity index (χ1v) is 5.31. The summed E-state index contributed by atoms with van der Waals surface area (Å²) in [7, 11) is 0. The van der Waals surface area contributed by atoms with Crippen LogP contribution in [-0.4, -0.2) is 10.8 Å². The van der Waals surface area contributed by atoms with E-state index in [0.29, 0.717) is 9.40 Å². The Kier molecular flexibility index (Phi) is 3.55. The molecule has 0 radical (unpaired) electrons. The summed E-state index contributed by atoms with van der Waals surface area (Å²) in [6, 6.07) is 3.36. The molecule has 1 aromatic heterocycles. The quantitative estimate of drug-likeness (QED) is 0.609. The topological polar surface area (TPSA) is 26.3 Å². The smallest absolute Gasteiger partial charge is 0.325 e. The fourth-order valence-corrected chi connectivity index (χ4v) is 1.51. The van der Waals surface area contributed by atoms with Crippen LogP contribution in [0.5, 0.6) is 5.06 Å². The van der Waals surface area contributed by atoms with Crippen LogP contribution in [0.4, 0.5) is 0 Å². The lowest BCUT2D eigenvalue weighted by atomic mass is 10.5. The Balaban J connectivity index is 2.58. The van der Waals surface area contributed by atoms with Crippen LogP contribution in [0, 0.1) is 0 Å². The molecular formula is C7H6BrClO2S. The minimum atomic E-state index is -0.312. The van der Waals surface area contributed by atoms with Crippen LogP contribution in [-0.2, 0) is 4.79 Å². The van der Waals surface area contributed by atoms with Crippen molar-refractivity contribution in [3.8, 4) is 5.06 Å². The van der Waals surface area contributed by atoms with E-state index >= 15 is 0 Å². The van der Waals surface area contributed by atoms with E-state index in [4.69, 9.17) is 16.3 Å². The van der Waals surface area contributed by atoms with Crippen molar-refractivity contribution in [1.29, 1.82) is 0 Å². The highest BCUT2D eigenvalue weighted by molar-refractivity contribution is 9.10. The summed E-state index contributed by atoms with van der Waals surface area (Å²) in [5.41, 5.74) is 0. The fourth-order valence-electron chi connectivity index (χ4n) is 0.533. The van der Waals surface area contributed by atoms with Crippen LogP contribution in [0.15, 0.2) is 12.1 Å². The molecule has 5 heteroatoms. The number of hydrogen-bond acceptors (Lipinski definition) is 3. The monoisotopic (exact) mass is 268 g/mol. The summed E-state index contributed by atoms with van der Waals surface area (Å²) in [5, 5.41) is 0.524. The van der Waals surface area contributed by atoms with Crippen molar-refractivity contribution in [3.63, 3.8) is 0 Å². The van der Waals surface area contributed by atoms with Crippen LogP contribution in [0.1, 0.15) is 6.92 Å². The Labute approximate surface area is 87.6 Å². The molecule has 12 heavy (non-hydrogen) atoms. The van der Waals surface area contributed by atoms with Gasteiger partial charge in [0.15, 0.2) is 5.06 Å². The fraction of sp³-hybridized carbons (Fsp3) is 0.286. The molecule has 2 nitrogen and oxygen atoms in total. The van der Waals surface area contributed by atoms with Gasteiger partial charge < -0.3 is 4.74 Å². The zero-order valence-electron chi connectivity index (χ0n) is 6.21. The van der Waals surface area contributed by atoms with Crippen molar-refractivity contribution < 1.29 is 9.53 Å². The number of ether oxygens (including phenoxy) is 1. The number of rotatable bonds is 2. The van der Waals surface area contributed by atoms with Crippen LogP contribution in [0.25, 0.3) is 0 Å². The Bertz CT molecular complexity index is 285. The first kappa shape index (κ1) is 10.0. The maximum atomic E-state index is 11.0. The van der Waals surface area contributed by atoms with Gasteiger partial charge in [-0.25, -0.2) is 0 Å². The Morgan fingerprint density at radius 2 is 2.42 bits per heavy atom. The molecule has 0 saturated carbocycles. The van der Waals surface area contributed by atoms with Gasteiger partial charge in [0.2, 0.25) is 0 Å². The molecule has 1 rings (SSSR count). The largest absolute Gasteiger partial charge is 0.415 e. The lowest BCUT2D eigenvalue weighted by Crippen LogP contribution is -2.16. The summed E-state index contributed by atoms with van der Waals surface area (Å²) >= 11 is 9.98. The maximum absolute atomic E-state index is 11.0. The summed E-state index contributed by atoms with van der Waals surface area (Å²) in [6.45, 7) is 1.71. The van der Waals surface area contributed by atoms with Crippen molar-refractivity contribution in [2.75, 3.05) is 0 Å². The summed E-state index contributed by atoms with van der Waals surface area (Å²) in [6.07, 6.45) is 0. The van der Waals surface area contributed by atoms with Crippen LogP contribution < -0.4 is 4.74 Å². The molecule has 0 N–H and O–H groups in total. The SMILES string of the molecule is CC(Br)C(=O)Oc1ccc(Cl)s1. The zero-order chi connectivity index (χ0) is 9.14. The highest BCUT2D eigenvalue weighted by Crippen LogP contribution is 2.28. The maximum Gasteiger partial charge on any atom is 0.325 e. The van der Waals surface area contributed by atoms with Gasteiger partial charge in [-0.05, 0) is 19.1 Å². The predicted molar refractivity (Wildman–Crippen MR) is 53.4 cm³/mol.